The third-order valence-corrected chi connectivity index (χ3v) is 3.33. The molecule has 4 heteroatoms. The summed E-state index contributed by atoms with van der Waals surface area (Å²) < 4.78 is 10.6. The van der Waals surface area contributed by atoms with Crippen LogP contribution in [-0.2, 0) is 14.3 Å². The van der Waals surface area contributed by atoms with Gasteiger partial charge in [-0.3, -0.25) is 10.1 Å². The molecule has 100 valence electrons. The van der Waals surface area contributed by atoms with E-state index in [1.54, 1.807) is 0 Å². The van der Waals surface area contributed by atoms with Crippen LogP contribution in [0.1, 0.15) is 46.5 Å². The van der Waals surface area contributed by atoms with E-state index in [1.807, 2.05) is 6.92 Å². The van der Waals surface area contributed by atoms with Gasteiger partial charge in [0, 0.05) is 12.6 Å². The van der Waals surface area contributed by atoms with Gasteiger partial charge in [0.2, 0.25) is 0 Å². The molecule has 0 amide bonds. The highest BCUT2D eigenvalue weighted by Crippen LogP contribution is 2.31. The molecular weight excluding hydrogens is 218 g/mol. The second kappa shape index (κ2) is 6.36. The monoisotopic (exact) mass is 243 g/mol. The van der Waals surface area contributed by atoms with Crippen LogP contribution >= 0.6 is 0 Å². The normalized spacial score (nSPS) is 29.4. The molecule has 0 aromatic carbocycles. The van der Waals surface area contributed by atoms with Gasteiger partial charge in [-0.25, -0.2) is 0 Å². The van der Waals surface area contributed by atoms with Gasteiger partial charge >= 0.3 is 5.97 Å². The lowest BCUT2D eigenvalue weighted by atomic mass is 9.79. The zero-order valence-corrected chi connectivity index (χ0v) is 11.4. The van der Waals surface area contributed by atoms with Crippen LogP contribution in [0, 0.1) is 0 Å². The van der Waals surface area contributed by atoms with Crippen LogP contribution in [0.25, 0.3) is 0 Å². The Morgan fingerprint density at radius 3 is 2.41 bits per heavy atom. The summed E-state index contributed by atoms with van der Waals surface area (Å²) in [6.07, 6.45) is 3.72. The highest BCUT2D eigenvalue weighted by Gasteiger charge is 2.43. The summed E-state index contributed by atoms with van der Waals surface area (Å²) in [6, 6.07) is 0.276. The van der Waals surface area contributed by atoms with Crippen molar-refractivity contribution in [3.8, 4) is 0 Å². The Balaban J connectivity index is 2.65. The van der Waals surface area contributed by atoms with Crippen molar-refractivity contribution in [2.45, 2.75) is 64.1 Å². The first-order valence-corrected chi connectivity index (χ1v) is 6.51. The maximum absolute atomic E-state index is 12.0. The summed E-state index contributed by atoms with van der Waals surface area (Å²) in [5.41, 5.74) is -0.503. The Bertz CT molecular complexity index is 245. The Hall–Kier alpha value is -0.610. The van der Waals surface area contributed by atoms with Crippen LogP contribution in [-0.4, -0.2) is 37.4 Å². The summed E-state index contributed by atoms with van der Waals surface area (Å²) in [4.78, 5) is 12.0. The van der Waals surface area contributed by atoms with Crippen molar-refractivity contribution in [2.24, 2.45) is 0 Å². The quantitative estimate of drug-likeness (QED) is 0.749. The van der Waals surface area contributed by atoms with Crippen molar-refractivity contribution in [3.05, 3.63) is 0 Å². The number of esters is 1. The van der Waals surface area contributed by atoms with Gasteiger partial charge in [0.25, 0.3) is 0 Å². The van der Waals surface area contributed by atoms with E-state index in [4.69, 9.17) is 9.47 Å². The topological polar surface area (TPSA) is 47.6 Å². The fraction of sp³-hybridized carbons (Fsp3) is 0.923. The molecule has 0 aliphatic heterocycles. The highest BCUT2D eigenvalue weighted by molar-refractivity contribution is 5.81. The Kier molecular flexibility index (Phi) is 5.40. The highest BCUT2D eigenvalue weighted by atomic mass is 16.5. The van der Waals surface area contributed by atoms with Gasteiger partial charge < -0.3 is 9.47 Å². The maximum Gasteiger partial charge on any atom is 0.326 e. The second-order valence-corrected chi connectivity index (χ2v) is 5.03. The number of hydrogen-bond donors (Lipinski definition) is 1. The van der Waals surface area contributed by atoms with Crippen LogP contribution in [0.15, 0.2) is 0 Å². The van der Waals surface area contributed by atoms with Gasteiger partial charge in [-0.2, -0.15) is 0 Å². The molecular formula is C13H25NO3. The van der Waals surface area contributed by atoms with E-state index in [2.05, 4.69) is 19.2 Å². The number of ether oxygens (including phenoxy) is 2. The molecule has 1 saturated carbocycles. The van der Waals surface area contributed by atoms with Crippen LogP contribution in [0.3, 0.4) is 0 Å². The van der Waals surface area contributed by atoms with Gasteiger partial charge in [-0.15, -0.1) is 0 Å². The van der Waals surface area contributed by atoms with E-state index in [0.29, 0.717) is 6.10 Å². The largest absolute Gasteiger partial charge is 0.468 e. The Morgan fingerprint density at radius 1 is 1.41 bits per heavy atom. The predicted molar refractivity (Wildman–Crippen MR) is 66.9 cm³/mol. The van der Waals surface area contributed by atoms with E-state index < -0.39 is 5.54 Å². The molecule has 0 aromatic heterocycles. The first-order valence-electron chi connectivity index (χ1n) is 6.51. The van der Waals surface area contributed by atoms with Gasteiger partial charge in [0.15, 0.2) is 0 Å². The fourth-order valence-corrected chi connectivity index (χ4v) is 2.64. The van der Waals surface area contributed by atoms with Crippen LogP contribution in [0.4, 0.5) is 0 Å². The molecule has 17 heavy (non-hydrogen) atoms. The van der Waals surface area contributed by atoms with Crippen molar-refractivity contribution < 1.29 is 14.3 Å². The van der Waals surface area contributed by atoms with Crippen molar-refractivity contribution in [1.82, 2.24) is 5.32 Å². The molecule has 0 radical (unpaired) electrons. The SMILES string of the molecule is CCOC1CCC(NC(C)C)(C(=O)OC)CC1. The average Bonchev–Trinajstić information content (AvgIpc) is 2.30. The lowest BCUT2D eigenvalue weighted by molar-refractivity contribution is -0.152. The molecule has 1 aliphatic rings. The van der Waals surface area contributed by atoms with Crippen molar-refractivity contribution >= 4 is 5.97 Å². The van der Waals surface area contributed by atoms with Crippen LogP contribution in [0.5, 0.6) is 0 Å². The van der Waals surface area contributed by atoms with Crippen molar-refractivity contribution in [1.29, 1.82) is 0 Å². The predicted octanol–water partition coefficient (Wildman–Crippen LogP) is 1.88. The third-order valence-electron chi connectivity index (χ3n) is 3.33. The number of nitrogens with one attached hydrogen (secondary N) is 1. The molecule has 1 rings (SSSR count). The smallest absolute Gasteiger partial charge is 0.326 e. The second-order valence-electron chi connectivity index (χ2n) is 5.03. The molecule has 4 nitrogen and oxygen atoms in total. The lowest BCUT2D eigenvalue weighted by Crippen LogP contribution is -2.57. The molecule has 0 unspecified atom stereocenters. The summed E-state index contributed by atoms with van der Waals surface area (Å²) in [5, 5.41) is 3.38. The molecule has 0 spiro atoms. The zero-order valence-electron chi connectivity index (χ0n) is 11.4. The zero-order chi connectivity index (χ0) is 12.9. The van der Waals surface area contributed by atoms with E-state index in [9.17, 15) is 4.79 Å². The number of methoxy groups -OCH3 is 1. The van der Waals surface area contributed by atoms with Crippen molar-refractivity contribution in [3.63, 3.8) is 0 Å². The fourth-order valence-electron chi connectivity index (χ4n) is 2.64. The van der Waals surface area contributed by atoms with E-state index in [0.717, 1.165) is 32.3 Å². The number of rotatable bonds is 5. The molecule has 0 saturated heterocycles. The lowest BCUT2D eigenvalue weighted by Gasteiger charge is -2.39. The number of carbonyl (C=O) groups excluding carboxylic acids is 1. The summed E-state index contributed by atoms with van der Waals surface area (Å²) >= 11 is 0. The molecule has 0 bridgehead atoms. The summed E-state index contributed by atoms with van der Waals surface area (Å²) in [6.45, 7) is 6.86. The molecule has 0 aromatic rings. The molecule has 1 fully saturated rings. The van der Waals surface area contributed by atoms with Crippen LogP contribution in [0.2, 0.25) is 0 Å². The maximum atomic E-state index is 12.0. The molecule has 1 aliphatic carbocycles. The molecule has 0 atom stereocenters. The van der Waals surface area contributed by atoms with Gasteiger partial charge in [-0.05, 0) is 46.5 Å². The van der Waals surface area contributed by atoms with Gasteiger partial charge in [0.05, 0.1) is 13.2 Å². The minimum atomic E-state index is -0.503. The van der Waals surface area contributed by atoms with E-state index in [-0.39, 0.29) is 12.0 Å². The third kappa shape index (κ3) is 3.68. The molecule has 0 heterocycles. The average molecular weight is 243 g/mol. The summed E-state index contributed by atoms with van der Waals surface area (Å²) in [5.74, 6) is -0.138. The Labute approximate surface area is 104 Å². The minimum absolute atomic E-state index is 0.138. The van der Waals surface area contributed by atoms with E-state index >= 15 is 0 Å². The van der Waals surface area contributed by atoms with Crippen molar-refractivity contribution in [2.75, 3.05) is 13.7 Å². The number of hydrogen-bond acceptors (Lipinski definition) is 4. The van der Waals surface area contributed by atoms with Crippen LogP contribution < -0.4 is 5.32 Å². The van der Waals surface area contributed by atoms with E-state index in [1.165, 1.54) is 7.11 Å². The first kappa shape index (κ1) is 14.5. The number of carbonyl (C=O) groups is 1. The van der Waals surface area contributed by atoms with Gasteiger partial charge in [-0.1, -0.05) is 0 Å². The Morgan fingerprint density at radius 2 is 2.00 bits per heavy atom. The molecule has 1 N–H and O–H groups in total. The summed E-state index contributed by atoms with van der Waals surface area (Å²) in [7, 11) is 1.46. The first-order chi connectivity index (χ1) is 8.04. The standard InChI is InChI=1S/C13H25NO3/c1-5-17-11-6-8-13(9-7-11,12(15)16-4)14-10(2)3/h10-11,14H,5-9H2,1-4H3. The minimum Gasteiger partial charge on any atom is -0.468 e. The van der Waals surface area contributed by atoms with Gasteiger partial charge in [0.1, 0.15) is 5.54 Å².